The molecule has 0 aromatic heterocycles. The molecule has 0 aliphatic rings. The van der Waals surface area contributed by atoms with Gasteiger partial charge in [0.1, 0.15) is 5.82 Å². The van der Waals surface area contributed by atoms with Gasteiger partial charge in [-0.1, -0.05) is 36.4 Å². The number of amides is 3. The van der Waals surface area contributed by atoms with E-state index >= 15 is 0 Å². The van der Waals surface area contributed by atoms with Crippen LogP contribution in [0.15, 0.2) is 72.8 Å². The molecule has 7 nitrogen and oxygen atoms in total. The van der Waals surface area contributed by atoms with Crippen LogP contribution in [0.1, 0.15) is 26.3 Å². The predicted octanol–water partition coefficient (Wildman–Crippen LogP) is 3.38. The van der Waals surface area contributed by atoms with Crippen LogP contribution < -0.4 is 15.3 Å². The summed E-state index contributed by atoms with van der Waals surface area (Å²) in [7, 11) is 1.77. The molecule has 3 aromatic carbocycles. The van der Waals surface area contributed by atoms with Crippen LogP contribution in [0.3, 0.4) is 0 Å². The van der Waals surface area contributed by atoms with Gasteiger partial charge in [-0.15, -0.1) is 0 Å². The van der Waals surface area contributed by atoms with Gasteiger partial charge in [-0.3, -0.25) is 19.6 Å². The van der Waals surface area contributed by atoms with E-state index < -0.39 is 17.6 Å². The van der Waals surface area contributed by atoms with E-state index in [0.717, 1.165) is 10.5 Å². The maximum Gasteiger partial charge on any atom is 0.274 e. The molecule has 8 heteroatoms. The lowest BCUT2D eigenvalue weighted by molar-refractivity contribution is -0.107. The first-order valence-electron chi connectivity index (χ1n) is 9.33. The van der Waals surface area contributed by atoms with Gasteiger partial charge in [-0.05, 0) is 42.0 Å². The van der Waals surface area contributed by atoms with Gasteiger partial charge in [-0.25, -0.2) is 14.8 Å². The number of nitrogens with zero attached hydrogens (tertiary/aromatic N) is 2. The van der Waals surface area contributed by atoms with Crippen molar-refractivity contribution in [1.82, 2.24) is 5.48 Å². The lowest BCUT2D eigenvalue weighted by Crippen LogP contribution is -2.32. The predicted molar refractivity (Wildman–Crippen MR) is 114 cm³/mol. The molecule has 3 rings (SSSR count). The number of carbonyl (C=O) groups excluding carboxylic acids is 3. The molecule has 0 bridgehead atoms. The Kier molecular flexibility index (Phi) is 6.74. The number of hydrogen-bond donors (Lipinski definition) is 2. The van der Waals surface area contributed by atoms with Crippen molar-refractivity contribution in [2.45, 2.75) is 6.54 Å². The van der Waals surface area contributed by atoms with Crippen molar-refractivity contribution in [3.63, 3.8) is 0 Å². The average molecular weight is 421 g/mol. The van der Waals surface area contributed by atoms with Crippen molar-refractivity contribution < 1.29 is 24.0 Å². The molecule has 0 saturated carbocycles. The molecule has 0 radical (unpaired) electrons. The van der Waals surface area contributed by atoms with Crippen molar-refractivity contribution >= 4 is 29.6 Å². The summed E-state index contributed by atoms with van der Waals surface area (Å²) in [6.07, 6.45) is 0.294. The fourth-order valence-electron chi connectivity index (χ4n) is 3.16. The van der Waals surface area contributed by atoms with Crippen LogP contribution >= 0.6 is 0 Å². The topological polar surface area (TPSA) is 90.0 Å². The molecular formula is C23H20FN3O4. The number of halogens is 1. The minimum absolute atomic E-state index is 0.127. The van der Waals surface area contributed by atoms with Crippen molar-refractivity contribution in [2.75, 3.05) is 16.8 Å². The fourth-order valence-corrected chi connectivity index (χ4v) is 3.16. The molecule has 2 N–H and O–H groups in total. The summed E-state index contributed by atoms with van der Waals surface area (Å²) >= 11 is 0. The highest BCUT2D eigenvalue weighted by Gasteiger charge is 2.23. The number of hydroxylamine groups is 1. The number of para-hydroxylation sites is 2. The number of rotatable bonds is 7. The van der Waals surface area contributed by atoms with E-state index in [1.807, 2.05) is 0 Å². The van der Waals surface area contributed by atoms with Crippen LogP contribution in [0.4, 0.5) is 15.8 Å². The molecule has 3 amide bonds. The van der Waals surface area contributed by atoms with Crippen LogP contribution in [0.5, 0.6) is 0 Å². The van der Waals surface area contributed by atoms with Crippen molar-refractivity contribution in [1.29, 1.82) is 0 Å². The van der Waals surface area contributed by atoms with Crippen molar-refractivity contribution in [2.24, 2.45) is 0 Å². The van der Waals surface area contributed by atoms with Gasteiger partial charge in [0, 0.05) is 24.8 Å². The van der Waals surface area contributed by atoms with Gasteiger partial charge >= 0.3 is 0 Å². The van der Waals surface area contributed by atoms with E-state index in [-0.39, 0.29) is 11.3 Å². The summed E-state index contributed by atoms with van der Waals surface area (Å²) in [5.74, 6) is -1.95. The zero-order valence-corrected chi connectivity index (χ0v) is 16.7. The maximum absolute atomic E-state index is 14.2. The van der Waals surface area contributed by atoms with E-state index in [4.69, 9.17) is 5.21 Å². The number of benzene rings is 3. The van der Waals surface area contributed by atoms with Crippen LogP contribution in [0.25, 0.3) is 0 Å². The van der Waals surface area contributed by atoms with Gasteiger partial charge in [0.15, 0.2) is 0 Å². The lowest BCUT2D eigenvalue weighted by atomic mass is 10.1. The SMILES string of the molecule is CN(Cc1ccc(C(=O)NO)cc1)c1ccccc1C(=O)N(C=O)c1ccccc1F. The Hall–Kier alpha value is -4.04. The van der Waals surface area contributed by atoms with Crippen LogP contribution in [0, 0.1) is 5.82 Å². The monoisotopic (exact) mass is 421 g/mol. The molecular weight excluding hydrogens is 401 g/mol. The first-order valence-corrected chi connectivity index (χ1v) is 9.33. The zero-order valence-electron chi connectivity index (χ0n) is 16.7. The molecule has 0 aliphatic heterocycles. The summed E-state index contributed by atoms with van der Waals surface area (Å²) in [5, 5.41) is 8.71. The number of carbonyl (C=O) groups is 3. The average Bonchev–Trinajstić information content (AvgIpc) is 2.80. The molecule has 0 atom stereocenters. The molecule has 0 aliphatic carbocycles. The van der Waals surface area contributed by atoms with Gasteiger partial charge < -0.3 is 4.90 Å². The largest absolute Gasteiger partial charge is 0.370 e. The van der Waals surface area contributed by atoms with Crippen LogP contribution in [-0.4, -0.2) is 30.5 Å². The fraction of sp³-hybridized carbons (Fsp3) is 0.0870. The smallest absolute Gasteiger partial charge is 0.274 e. The molecule has 0 fully saturated rings. The first kappa shape index (κ1) is 21.7. The summed E-state index contributed by atoms with van der Waals surface area (Å²) in [6, 6.07) is 18.9. The Morgan fingerprint density at radius 3 is 2.19 bits per heavy atom. The quantitative estimate of drug-likeness (QED) is 0.347. The van der Waals surface area contributed by atoms with Crippen molar-refractivity contribution in [3.8, 4) is 0 Å². The molecule has 0 unspecified atom stereocenters. The maximum atomic E-state index is 14.2. The number of anilines is 2. The van der Waals surface area contributed by atoms with Crippen LogP contribution in [-0.2, 0) is 11.3 Å². The van der Waals surface area contributed by atoms with E-state index in [1.54, 1.807) is 72.0 Å². The standard InChI is InChI=1S/C23H20FN3O4/c1-26(14-16-10-12-17(13-11-16)22(29)25-31)20-8-4-2-6-18(20)23(30)27(15-28)21-9-5-3-7-19(21)24/h2-13,15,31H,14H2,1H3,(H,25,29). The summed E-state index contributed by atoms with van der Waals surface area (Å²) in [4.78, 5) is 38.7. The third-order valence-corrected chi connectivity index (χ3v) is 4.72. The second-order valence-electron chi connectivity index (χ2n) is 6.74. The highest BCUT2D eigenvalue weighted by Crippen LogP contribution is 2.26. The minimum Gasteiger partial charge on any atom is -0.370 e. The molecule has 0 spiro atoms. The summed E-state index contributed by atoms with van der Waals surface area (Å²) in [6.45, 7) is 0.395. The van der Waals surface area contributed by atoms with Gasteiger partial charge in [-0.2, -0.15) is 0 Å². The van der Waals surface area contributed by atoms with Gasteiger partial charge in [0.05, 0.1) is 11.3 Å². The minimum atomic E-state index is -0.680. The number of imide groups is 1. The Balaban J connectivity index is 1.87. The Morgan fingerprint density at radius 2 is 1.58 bits per heavy atom. The second kappa shape index (κ2) is 9.64. The summed E-state index contributed by atoms with van der Waals surface area (Å²) < 4.78 is 14.2. The van der Waals surface area contributed by atoms with E-state index in [2.05, 4.69) is 0 Å². The van der Waals surface area contributed by atoms with Crippen LogP contribution in [0.2, 0.25) is 0 Å². The Labute approximate surface area is 178 Å². The normalized spacial score (nSPS) is 10.3. The molecule has 3 aromatic rings. The highest BCUT2D eigenvalue weighted by molar-refractivity contribution is 6.17. The zero-order chi connectivity index (χ0) is 22.4. The third-order valence-electron chi connectivity index (χ3n) is 4.72. The Morgan fingerprint density at radius 1 is 0.968 bits per heavy atom. The van der Waals surface area contributed by atoms with Gasteiger partial charge in [0.2, 0.25) is 6.41 Å². The number of nitrogens with one attached hydrogen (secondary N) is 1. The number of hydrogen-bond acceptors (Lipinski definition) is 5. The van der Waals surface area contributed by atoms with Crippen molar-refractivity contribution in [3.05, 3.63) is 95.3 Å². The van der Waals surface area contributed by atoms with E-state index in [0.29, 0.717) is 24.2 Å². The van der Waals surface area contributed by atoms with E-state index in [9.17, 15) is 18.8 Å². The van der Waals surface area contributed by atoms with E-state index in [1.165, 1.54) is 18.2 Å². The lowest BCUT2D eigenvalue weighted by Gasteiger charge is -2.24. The van der Waals surface area contributed by atoms with Gasteiger partial charge in [0.25, 0.3) is 11.8 Å². The molecule has 31 heavy (non-hydrogen) atoms. The third kappa shape index (κ3) is 4.76. The molecule has 0 heterocycles. The Bertz CT molecular complexity index is 1100. The first-order chi connectivity index (χ1) is 15.0. The summed E-state index contributed by atoms with van der Waals surface area (Å²) in [5.41, 5.74) is 3.38. The second-order valence-corrected chi connectivity index (χ2v) is 6.74. The molecule has 0 saturated heterocycles. The molecule has 158 valence electrons. The highest BCUT2D eigenvalue weighted by atomic mass is 19.1.